The number of halogens is 2. The lowest BCUT2D eigenvalue weighted by Gasteiger charge is -2.14. The van der Waals surface area contributed by atoms with Crippen LogP contribution in [0.1, 0.15) is 6.42 Å². The highest BCUT2D eigenvalue weighted by Crippen LogP contribution is 2.28. The largest absolute Gasteiger partial charge is 0.480 e. The van der Waals surface area contributed by atoms with E-state index in [-0.39, 0.29) is 10.0 Å². The Morgan fingerprint density at radius 1 is 1.30 bits per heavy atom. The van der Waals surface area contributed by atoms with Gasteiger partial charge < -0.3 is 10.8 Å². The van der Waals surface area contributed by atoms with Crippen molar-refractivity contribution in [2.75, 3.05) is 0 Å². The van der Waals surface area contributed by atoms with Crippen LogP contribution in [0, 0.1) is 0 Å². The van der Waals surface area contributed by atoms with E-state index in [4.69, 9.17) is 34.0 Å². The van der Waals surface area contributed by atoms with Gasteiger partial charge in [0.05, 0.1) is 16.5 Å². The summed E-state index contributed by atoms with van der Waals surface area (Å²) >= 11 is 11.5. The van der Waals surface area contributed by atoms with Crippen molar-refractivity contribution in [3.63, 3.8) is 0 Å². The third-order valence-electron chi connectivity index (χ3n) is 2.19. The molecular formula is C10H10Cl2N2O5S. The summed E-state index contributed by atoms with van der Waals surface area (Å²) < 4.78 is 26.0. The highest BCUT2D eigenvalue weighted by molar-refractivity contribution is 7.89. The minimum absolute atomic E-state index is 0.173. The van der Waals surface area contributed by atoms with Crippen LogP contribution in [-0.2, 0) is 19.6 Å². The number of carbonyl (C=O) groups excluding carboxylic acids is 1. The number of nitrogens with two attached hydrogens (primary N) is 1. The van der Waals surface area contributed by atoms with Crippen LogP contribution in [0.15, 0.2) is 23.1 Å². The third-order valence-corrected chi connectivity index (χ3v) is 4.61. The minimum Gasteiger partial charge on any atom is -0.480 e. The van der Waals surface area contributed by atoms with E-state index in [2.05, 4.69) is 0 Å². The predicted octanol–water partition coefficient (Wildman–Crippen LogP) is 0.600. The lowest BCUT2D eigenvalue weighted by atomic mass is 10.2. The van der Waals surface area contributed by atoms with Gasteiger partial charge in [-0.05, 0) is 12.1 Å². The first-order chi connectivity index (χ1) is 9.15. The van der Waals surface area contributed by atoms with Gasteiger partial charge in [-0.25, -0.2) is 8.42 Å². The van der Waals surface area contributed by atoms with E-state index in [9.17, 15) is 18.0 Å². The van der Waals surface area contributed by atoms with Gasteiger partial charge >= 0.3 is 5.97 Å². The van der Waals surface area contributed by atoms with Crippen LogP contribution in [-0.4, -0.2) is 31.4 Å². The molecule has 0 fully saturated rings. The molecule has 7 nitrogen and oxygen atoms in total. The molecule has 1 atom stereocenters. The molecule has 0 bridgehead atoms. The summed E-state index contributed by atoms with van der Waals surface area (Å²) in [6.07, 6.45) is -0.698. The van der Waals surface area contributed by atoms with E-state index in [1.165, 1.54) is 18.2 Å². The van der Waals surface area contributed by atoms with Gasteiger partial charge in [-0.2, -0.15) is 4.72 Å². The summed E-state index contributed by atoms with van der Waals surface area (Å²) in [5.41, 5.74) is 4.86. The fraction of sp³-hybridized carbons (Fsp3) is 0.200. The number of carboxylic acid groups (broad SMARTS) is 1. The number of rotatable bonds is 6. The van der Waals surface area contributed by atoms with E-state index in [0.29, 0.717) is 0 Å². The standard InChI is InChI=1S/C10H10Cl2N2O5S/c11-5-2-1-3-6(12)9(5)20(18,19)14-7(10(16)17)4-8(13)15/h1-3,7,14H,4H2,(H2,13,15)(H,16,17)/t7-/m1/s1. The van der Waals surface area contributed by atoms with Gasteiger partial charge in [-0.15, -0.1) is 0 Å². The SMILES string of the molecule is NC(=O)C[C@@H](NS(=O)(=O)c1c(Cl)cccc1Cl)C(=O)O. The minimum atomic E-state index is -4.31. The van der Waals surface area contributed by atoms with Crippen LogP contribution in [0.5, 0.6) is 0 Å². The van der Waals surface area contributed by atoms with E-state index in [0.717, 1.165) is 0 Å². The molecule has 110 valence electrons. The highest BCUT2D eigenvalue weighted by Gasteiger charge is 2.29. The van der Waals surface area contributed by atoms with Crippen LogP contribution >= 0.6 is 23.2 Å². The Balaban J connectivity index is 3.17. The third kappa shape index (κ3) is 4.07. The second-order valence-corrected chi connectivity index (χ2v) is 6.20. The first-order valence-corrected chi connectivity index (χ1v) is 7.36. The summed E-state index contributed by atoms with van der Waals surface area (Å²) in [4.78, 5) is 21.2. The van der Waals surface area contributed by atoms with Gasteiger partial charge in [0.1, 0.15) is 10.9 Å². The Morgan fingerprint density at radius 3 is 2.20 bits per heavy atom. The molecule has 1 aromatic carbocycles. The van der Waals surface area contributed by atoms with E-state index in [1.54, 1.807) is 0 Å². The molecule has 0 spiro atoms. The van der Waals surface area contributed by atoms with Crippen LogP contribution < -0.4 is 10.5 Å². The second kappa shape index (κ2) is 6.40. The fourth-order valence-corrected chi connectivity index (χ4v) is 3.70. The molecular weight excluding hydrogens is 331 g/mol. The molecule has 0 unspecified atom stereocenters. The number of nitrogens with one attached hydrogen (secondary N) is 1. The molecule has 1 amide bonds. The van der Waals surface area contributed by atoms with Crippen LogP contribution in [0.25, 0.3) is 0 Å². The second-order valence-electron chi connectivity index (χ2n) is 3.73. The quantitative estimate of drug-likeness (QED) is 0.698. The van der Waals surface area contributed by atoms with Crippen molar-refractivity contribution < 1.29 is 23.1 Å². The van der Waals surface area contributed by atoms with Crippen molar-refractivity contribution in [2.24, 2.45) is 5.73 Å². The molecule has 0 heterocycles. The number of sulfonamides is 1. The molecule has 10 heteroatoms. The summed E-state index contributed by atoms with van der Waals surface area (Å²) in [7, 11) is -4.31. The monoisotopic (exact) mass is 340 g/mol. The maximum absolute atomic E-state index is 12.1. The summed E-state index contributed by atoms with van der Waals surface area (Å²) in [5, 5.41) is 8.52. The molecule has 1 rings (SSSR count). The number of hydrogen-bond acceptors (Lipinski definition) is 4. The molecule has 0 saturated carbocycles. The van der Waals surface area contributed by atoms with Gasteiger partial charge in [0.15, 0.2) is 0 Å². The number of hydrogen-bond donors (Lipinski definition) is 3. The van der Waals surface area contributed by atoms with Gasteiger partial charge in [0, 0.05) is 0 Å². The maximum atomic E-state index is 12.1. The number of carbonyl (C=O) groups is 2. The average molecular weight is 341 g/mol. The van der Waals surface area contributed by atoms with Gasteiger partial charge in [0.25, 0.3) is 0 Å². The molecule has 0 aliphatic carbocycles. The zero-order chi connectivity index (χ0) is 15.5. The smallest absolute Gasteiger partial charge is 0.322 e. The van der Waals surface area contributed by atoms with Crippen molar-refractivity contribution in [1.82, 2.24) is 4.72 Å². The van der Waals surface area contributed by atoms with Gasteiger partial charge in [-0.3, -0.25) is 9.59 Å². The Morgan fingerprint density at radius 2 is 1.80 bits per heavy atom. The molecule has 20 heavy (non-hydrogen) atoms. The van der Waals surface area contributed by atoms with Gasteiger partial charge in [-0.1, -0.05) is 29.3 Å². The molecule has 0 saturated heterocycles. The number of carboxylic acids is 1. The average Bonchev–Trinajstić information content (AvgIpc) is 2.26. The van der Waals surface area contributed by atoms with Crippen LogP contribution in [0.3, 0.4) is 0 Å². The van der Waals surface area contributed by atoms with Crippen molar-refractivity contribution in [3.8, 4) is 0 Å². The first-order valence-electron chi connectivity index (χ1n) is 5.12. The van der Waals surface area contributed by atoms with E-state index >= 15 is 0 Å². The van der Waals surface area contributed by atoms with Gasteiger partial charge in [0.2, 0.25) is 15.9 Å². The van der Waals surface area contributed by atoms with Crippen molar-refractivity contribution in [1.29, 1.82) is 0 Å². The van der Waals surface area contributed by atoms with Crippen molar-refractivity contribution in [2.45, 2.75) is 17.4 Å². The number of aliphatic carboxylic acids is 1. The predicted molar refractivity (Wildman–Crippen MR) is 72.0 cm³/mol. The molecule has 0 aliphatic rings. The Bertz CT molecular complexity index is 627. The zero-order valence-corrected chi connectivity index (χ0v) is 12.2. The fourth-order valence-electron chi connectivity index (χ4n) is 1.37. The van der Waals surface area contributed by atoms with Crippen LogP contribution in [0.2, 0.25) is 10.0 Å². The number of primary amides is 1. The Labute approximate surface area is 124 Å². The Hall–Kier alpha value is -1.35. The van der Waals surface area contributed by atoms with Crippen molar-refractivity contribution >= 4 is 45.1 Å². The summed E-state index contributed by atoms with van der Waals surface area (Å²) in [6.45, 7) is 0. The summed E-state index contributed by atoms with van der Waals surface area (Å²) in [5.74, 6) is -2.51. The number of amides is 1. The Kier molecular flexibility index (Phi) is 5.35. The summed E-state index contributed by atoms with van der Waals surface area (Å²) in [6, 6.07) is 2.30. The molecule has 1 aromatic rings. The lowest BCUT2D eigenvalue weighted by Crippen LogP contribution is -2.43. The van der Waals surface area contributed by atoms with Crippen LogP contribution in [0.4, 0.5) is 0 Å². The highest BCUT2D eigenvalue weighted by atomic mass is 35.5. The number of benzene rings is 1. The molecule has 0 radical (unpaired) electrons. The first kappa shape index (κ1) is 16.7. The molecule has 0 aliphatic heterocycles. The van der Waals surface area contributed by atoms with Crippen molar-refractivity contribution in [3.05, 3.63) is 28.2 Å². The lowest BCUT2D eigenvalue weighted by molar-refractivity contribution is -0.140. The zero-order valence-electron chi connectivity index (χ0n) is 9.84. The van der Waals surface area contributed by atoms with E-state index < -0.39 is 39.3 Å². The topological polar surface area (TPSA) is 127 Å². The maximum Gasteiger partial charge on any atom is 0.322 e. The molecule has 4 N–H and O–H groups in total. The van der Waals surface area contributed by atoms with E-state index in [1.807, 2.05) is 4.72 Å². The molecule has 0 aromatic heterocycles. The normalized spacial score (nSPS) is 12.9.